The van der Waals surface area contributed by atoms with Gasteiger partial charge in [-0.25, -0.2) is 56.5 Å². The van der Waals surface area contributed by atoms with Crippen molar-refractivity contribution in [2.45, 2.75) is 93.5 Å². The van der Waals surface area contributed by atoms with Crippen LogP contribution in [0.15, 0.2) is 14.4 Å². The Labute approximate surface area is 404 Å². The fraction of sp³-hybridized carbons (Fsp3) is 0.909. The number of aliphatic hydroxyl groups is 6. The zero-order valence-electron chi connectivity index (χ0n) is 37.4. The van der Waals surface area contributed by atoms with E-state index in [0.29, 0.717) is 0 Å². The standard InChI is InChI=1S/C33H45F18N3O21/c34-25(35,13-64-4-1-55)70-31(46,47)73-28(40,41)16-67-10-19(58)7-52-22(61)53(8-20(59)11-68-17-29(42,43)74-32(48,49)71-26(36,37)14-65-5-2-56)24(63)54(23(52)62)9-21(60)12-69-18-30(44,45)75-33(50,51)72-27(38,39)15-66-6-3-57/h19-21,55-60H,1-18H2. The molecule has 75 heavy (non-hydrogen) atoms. The summed E-state index contributed by atoms with van der Waals surface area (Å²) in [6.07, 6.45) is -55.8. The number of nitrogens with zero attached hydrogens (tertiary/aromatic N) is 3. The summed E-state index contributed by atoms with van der Waals surface area (Å²) in [6.45, 7) is -27.8. The molecule has 0 aliphatic carbocycles. The normalized spacial score (nSPS) is 15.2. The van der Waals surface area contributed by atoms with Gasteiger partial charge in [-0.05, 0) is 0 Å². The van der Waals surface area contributed by atoms with E-state index in [1.807, 2.05) is 0 Å². The predicted molar refractivity (Wildman–Crippen MR) is 194 cm³/mol. The maximum Gasteiger partial charge on any atom is 0.495 e. The van der Waals surface area contributed by atoms with Crippen molar-refractivity contribution >= 4 is 0 Å². The fourth-order valence-electron chi connectivity index (χ4n) is 4.93. The first-order valence-corrected chi connectivity index (χ1v) is 20.0. The first kappa shape index (κ1) is 69.4. The highest BCUT2D eigenvalue weighted by molar-refractivity contribution is 4.83. The van der Waals surface area contributed by atoms with Crippen LogP contribution in [0.25, 0.3) is 0 Å². The van der Waals surface area contributed by atoms with Gasteiger partial charge in [0.15, 0.2) is 0 Å². The van der Waals surface area contributed by atoms with E-state index in [9.17, 15) is 109 Å². The topological polar surface area (TPSA) is 298 Å². The lowest BCUT2D eigenvalue weighted by molar-refractivity contribution is -0.519. The van der Waals surface area contributed by atoms with Crippen LogP contribution >= 0.6 is 0 Å². The quantitative estimate of drug-likeness (QED) is 0.0277. The molecule has 0 aromatic carbocycles. The Kier molecular flexibility index (Phi) is 27.2. The van der Waals surface area contributed by atoms with Gasteiger partial charge in [-0.3, -0.25) is 0 Å². The SMILES string of the molecule is O=c1n(CC(O)COCC(F)(F)OC(F)(F)OC(F)(F)COCCO)c(=O)n(CC(O)COCC(F)(F)OC(F)(F)OC(F)(F)COCCO)c(=O)n1CC(O)COCC(F)(F)OC(F)(F)OC(F)(F)COCCO. The molecule has 0 bridgehead atoms. The third kappa shape index (κ3) is 28.6. The molecular formula is C33H45F18N3O21. The summed E-state index contributed by atoms with van der Waals surface area (Å²) >= 11 is 0. The molecule has 3 unspecified atom stereocenters. The second-order valence-electron chi connectivity index (χ2n) is 14.3. The number of halogens is 18. The van der Waals surface area contributed by atoms with Crippen molar-refractivity contribution in [1.82, 2.24) is 13.7 Å². The lowest BCUT2D eigenvalue weighted by atomic mass is 10.3. The zero-order chi connectivity index (χ0) is 57.9. The minimum Gasteiger partial charge on any atom is -0.394 e. The van der Waals surface area contributed by atoms with Crippen LogP contribution in [0.5, 0.6) is 0 Å². The third-order valence-electron chi connectivity index (χ3n) is 7.43. The highest BCUT2D eigenvalue weighted by atomic mass is 19.3. The van der Waals surface area contributed by atoms with Crippen LogP contribution in [-0.4, -0.2) is 217 Å². The van der Waals surface area contributed by atoms with Gasteiger partial charge in [0.1, 0.15) is 39.6 Å². The van der Waals surface area contributed by atoms with Crippen LogP contribution in [0.2, 0.25) is 0 Å². The van der Waals surface area contributed by atoms with Gasteiger partial charge in [0.05, 0.1) is 97.4 Å². The van der Waals surface area contributed by atoms with Crippen LogP contribution in [0, 0.1) is 0 Å². The van der Waals surface area contributed by atoms with Gasteiger partial charge in [-0.2, -0.15) is 52.7 Å². The van der Waals surface area contributed by atoms with Gasteiger partial charge in [-0.1, -0.05) is 0 Å². The summed E-state index contributed by atoms with van der Waals surface area (Å²) in [6, 6.07) is 0. The number of aromatic nitrogens is 3. The number of hydrogen-bond acceptors (Lipinski definition) is 21. The molecule has 0 aliphatic heterocycles. The smallest absolute Gasteiger partial charge is 0.394 e. The zero-order valence-corrected chi connectivity index (χ0v) is 37.4. The van der Waals surface area contributed by atoms with Gasteiger partial charge in [0, 0.05) is 0 Å². The van der Waals surface area contributed by atoms with Crippen molar-refractivity contribution in [3.63, 3.8) is 0 Å². The molecule has 444 valence electrons. The van der Waals surface area contributed by atoms with E-state index in [-0.39, 0.29) is 13.7 Å². The monoisotopic (exact) mass is 1160 g/mol. The number of rotatable bonds is 42. The summed E-state index contributed by atoms with van der Waals surface area (Å²) in [7, 11) is 0. The average molecular weight is 1160 g/mol. The van der Waals surface area contributed by atoms with Crippen molar-refractivity contribution in [2.75, 3.05) is 99.1 Å². The first-order chi connectivity index (χ1) is 34.1. The first-order valence-electron chi connectivity index (χ1n) is 20.0. The molecule has 0 aliphatic rings. The van der Waals surface area contributed by atoms with E-state index in [2.05, 4.69) is 56.8 Å². The largest absolute Gasteiger partial charge is 0.495 e. The summed E-state index contributed by atoms with van der Waals surface area (Å²) in [5.41, 5.74) is -6.00. The molecule has 1 aromatic heterocycles. The Balaban J connectivity index is 3.33. The van der Waals surface area contributed by atoms with Crippen LogP contribution in [0.4, 0.5) is 79.0 Å². The fourth-order valence-corrected chi connectivity index (χ4v) is 4.93. The molecule has 1 heterocycles. The van der Waals surface area contributed by atoms with Crippen LogP contribution in [0.1, 0.15) is 0 Å². The number of ether oxygens (including phenoxy) is 12. The molecule has 24 nitrogen and oxygen atoms in total. The minimum atomic E-state index is -5.82. The van der Waals surface area contributed by atoms with E-state index in [1.54, 1.807) is 0 Å². The second kappa shape index (κ2) is 29.4. The molecule has 0 spiro atoms. The van der Waals surface area contributed by atoms with E-state index in [1.165, 1.54) is 0 Å². The highest BCUT2D eigenvalue weighted by Gasteiger charge is 2.55. The summed E-state index contributed by atoms with van der Waals surface area (Å²) in [5, 5.41) is 56.6. The minimum absolute atomic E-state index is 0.294. The molecule has 1 aromatic rings. The third-order valence-corrected chi connectivity index (χ3v) is 7.43. The lowest BCUT2D eigenvalue weighted by Gasteiger charge is -2.26. The van der Waals surface area contributed by atoms with Gasteiger partial charge >= 0.3 is 72.6 Å². The van der Waals surface area contributed by atoms with Gasteiger partial charge < -0.3 is 59.1 Å². The Hall–Kier alpha value is -3.57. The molecule has 0 saturated carbocycles. The molecule has 42 heteroatoms. The van der Waals surface area contributed by atoms with Crippen LogP contribution in [-0.2, 0) is 76.5 Å². The lowest BCUT2D eigenvalue weighted by Crippen LogP contribution is -2.57. The van der Waals surface area contributed by atoms with E-state index in [4.69, 9.17) is 15.3 Å². The second-order valence-corrected chi connectivity index (χ2v) is 14.3. The van der Waals surface area contributed by atoms with Gasteiger partial charge in [0.2, 0.25) is 0 Å². The number of hydrogen-bond donors (Lipinski definition) is 6. The van der Waals surface area contributed by atoms with Gasteiger partial charge in [-0.15, -0.1) is 26.3 Å². The molecule has 3 atom stereocenters. The molecular weight excluding hydrogens is 1120 g/mol. The van der Waals surface area contributed by atoms with Crippen molar-refractivity contribution < 1.29 is 167 Å². The number of alkyl halides is 18. The molecule has 0 fully saturated rings. The van der Waals surface area contributed by atoms with Crippen molar-refractivity contribution in [1.29, 1.82) is 0 Å². The molecule has 0 radical (unpaired) electrons. The van der Waals surface area contributed by atoms with Crippen LogP contribution in [0.3, 0.4) is 0 Å². The highest BCUT2D eigenvalue weighted by Crippen LogP contribution is 2.36. The Morgan fingerprint density at radius 2 is 0.507 bits per heavy atom. The summed E-state index contributed by atoms with van der Waals surface area (Å²) < 4.78 is 289. The maximum atomic E-state index is 14.1. The predicted octanol–water partition coefficient (Wildman–Crippen LogP) is -0.362. The van der Waals surface area contributed by atoms with E-state index < -0.39 is 210 Å². The maximum absolute atomic E-state index is 14.1. The van der Waals surface area contributed by atoms with Crippen molar-refractivity contribution in [3.05, 3.63) is 31.5 Å². The number of aliphatic hydroxyl groups excluding tert-OH is 6. The van der Waals surface area contributed by atoms with Crippen molar-refractivity contribution in [3.8, 4) is 0 Å². The Morgan fingerprint density at radius 1 is 0.333 bits per heavy atom. The Bertz CT molecular complexity index is 1770. The molecule has 6 N–H and O–H groups in total. The summed E-state index contributed by atoms with van der Waals surface area (Å²) in [4.78, 5) is 39.9. The molecule has 1 rings (SSSR count). The van der Waals surface area contributed by atoms with E-state index in [0.717, 1.165) is 0 Å². The van der Waals surface area contributed by atoms with Crippen LogP contribution < -0.4 is 17.1 Å². The van der Waals surface area contributed by atoms with E-state index >= 15 is 0 Å². The molecule has 0 saturated heterocycles. The average Bonchev–Trinajstić information content (AvgIpc) is 3.20. The van der Waals surface area contributed by atoms with Crippen molar-refractivity contribution in [2.24, 2.45) is 0 Å². The summed E-state index contributed by atoms with van der Waals surface area (Å²) in [5.74, 6) is 0. The van der Waals surface area contributed by atoms with Gasteiger partial charge in [0.25, 0.3) is 0 Å². The Morgan fingerprint density at radius 3 is 0.680 bits per heavy atom. The molecule has 0 amide bonds.